The highest BCUT2D eigenvalue weighted by atomic mass is 32.1. The Morgan fingerprint density at radius 2 is 2.44 bits per heavy atom. The zero-order valence-corrected chi connectivity index (χ0v) is 10.6. The average molecular weight is 240 g/mol. The molecule has 0 saturated heterocycles. The number of rotatable bonds is 5. The van der Waals surface area contributed by atoms with Gasteiger partial charge in [0.15, 0.2) is 0 Å². The molecule has 1 aromatic rings. The fourth-order valence-corrected chi connectivity index (χ4v) is 2.96. The maximum Gasteiger partial charge on any atom is 0.0929 e. The van der Waals surface area contributed by atoms with E-state index in [9.17, 15) is 0 Å². The first kappa shape index (κ1) is 12.0. The van der Waals surface area contributed by atoms with Gasteiger partial charge in [-0.2, -0.15) is 0 Å². The third-order valence-electron chi connectivity index (χ3n) is 2.96. The van der Waals surface area contributed by atoms with Crippen LogP contribution in [0.5, 0.6) is 0 Å². The van der Waals surface area contributed by atoms with Crippen LogP contribution in [0.25, 0.3) is 0 Å². The molecule has 3 nitrogen and oxygen atoms in total. The summed E-state index contributed by atoms with van der Waals surface area (Å²) in [6.07, 6.45) is 5.80. The van der Waals surface area contributed by atoms with Gasteiger partial charge in [-0.1, -0.05) is 6.92 Å². The van der Waals surface area contributed by atoms with Crippen LogP contribution in [-0.2, 0) is 17.8 Å². The normalized spacial score (nSPS) is 25.1. The van der Waals surface area contributed by atoms with E-state index in [1.807, 2.05) is 0 Å². The van der Waals surface area contributed by atoms with Crippen LogP contribution in [0.1, 0.15) is 43.3 Å². The number of nitrogens with zero attached hydrogens (tertiary/aromatic N) is 1. The minimum atomic E-state index is 0.344. The quantitative estimate of drug-likeness (QED) is 0.860. The van der Waals surface area contributed by atoms with Crippen LogP contribution in [0, 0.1) is 0 Å². The SMILES string of the molecule is CCCc1nc(COC2CCC(N)C2)cs1. The lowest BCUT2D eigenvalue weighted by atomic mass is 10.3. The Labute approximate surface area is 101 Å². The summed E-state index contributed by atoms with van der Waals surface area (Å²) in [6.45, 7) is 2.83. The Kier molecular flexibility index (Phi) is 4.32. The lowest BCUT2D eigenvalue weighted by molar-refractivity contribution is 0.0431. The number of thiazole rings is 1. The van der Waals surface area contributed by atoms with Crippen molar-refractivity contribution in [1.82, 2.24) is 4.98 Å². The topological polar surface area (TPSA) is 48.1 Å². The van der Waals surface area contributed by atoms with Gasteiger partial charge in [0.25, 0.3) is 0 Å². The van der Waals surface area contributed by atoms with E-state index < -0.39 is 0 Å². The van der Waals surface area contributed by atoms with Crippen LogP contribution in [0.4, 0.5) is 0 Å². The van der Waals surface area contributed by atoms with E-state index in [0.29, 0.717) is 18.8 Å². The van der Waals surface area contributed by atoms with Crippen molar-refractivity contribution in [2.24, 2.45) is 5.73 Å². The highest BCUT2D eigenvalue weighted by Gasteiger charge is 2.22. The van der Waals surface area contributed by atoms with Crippen molar-refractivity contribution in [2.75, 3.05) is 0 Å². The van der Waals surface area contributed by atoms with Crippen LogP contribution in [0.2, 0.25) is 0 Å². The third-order valence-corrected chi connectivity index (χ3v) is 3.91. The maximum absolute atomic E-state index is 5.84. The summed E-state index contributed by atoms with van der Waals surface area (Å²) in [7, 11) is 0. The number of hydrogen-bond acceptors (Lipinski definition) is 4. The first-order valence-corrected chi connectivity index (χ1v) is 6.96. The van der Waals surface area contributed by atoms with Crippen LogP contribution in [-0.4, -0.2) is 17.1 Å². The van der Waals surface area contributed by atoms with Crippen molar-refractivity contribution in [3.63, 3.8) is 0 Å². The van der Waals surface area contributed by atoms with Gasteiger partial charge in [0.1, 0.15) is 0 Å². The second kappa shape index (κ2) is 5.75. The minimum Gasteiger partial charge on any atom is -0.372 e. The molecule has 1 aromatic heterocycles. The number of aryl methyl sites for hydroxylation is 1. The predicted octanol–water partition coefficient (Wildman–Crippen LogP) is 2.49. The number of nitrogens with two attached hydrogens (primary N) is 1. The lowest BCUT2D eigenvalue weighted by Gasteiger charge is -2.09. The highest BCUT2D eigenvalue weighted by Crippen LogP contribution is 2.22. The fourth-order valence-electron chi connectivity index (χ4n) is 2.07. The summed E-state index contributed by atoms with van der Waals surface area (Å²) in [5.74, 6) is 0. The molecule has 0 amide bonds. The largest absolute Gasteiger partial charge is 0.372 e. The zero-order valence-electron chi connectivity index (χ0n) is 9.82. The second-order valence-electron chi connectivity index (χ2n) is 4.49. The van der Waals surface area contributed by atoms with Crippen molar-refractivity contribution >= 4 is 11.3 Å². The van der Waals surface area contributed by atoms with E-state index in [4.69, 9.17) is 10.5 Å². The highest BCUT2D eigenvalue weighted by molar-refractivity contribution is 7.09. The Balaban J connectivity index is 1.76. The van der Waals surface area contributed by atoms with Crippen molar-refractivity contribution in [2.45, 2.75) is 57.8 Å². The molecule has 90 valence electrons. The van der Waals surface area contributed by atoms with Crippen LogP contribution in [0.15, 0.2) is 5.38 Å². The molecule has 4 heteroatoms. The van der Waals surface area contributed by atoms with Crippen molar-refractivity contribution < 1.29 is 4.74 Å². The molecular weight excluding hydrogens is 220 g/mol. The third kappa shape index (κ3) is 3.27. The van der Waals surface area contributed by atoms with Crippen molar-refractivity contribution in [3.05, 3.63) is 16.1 Å². The molecule has 1 saturated carbocycles. The van der Waals surface area contributed by atoms with E-state index in [1.54, 1.807) is 11.3 Å². The number of ether oxygens (including phenoxy) is 1. The molecule has 2 atom stereocenters. The molecule has 2 N–H and O–H groups in total. The molecule has 1 fully saturated rings. The first-order valence-electron chi connectivity index (χ1n) is 6.08. The van der Waals surface area contributed by atoms with Gasteiger partial charge in [0.2, 0.25) is 0 Å². The van der Waals surface area contributed by atoms with Gasteiger partial charge in [0.05, 0.1) is 23.4 Å². The molecule has 2 rings (SSSR count). The molecule has 2 unspecified atom stereocenters. The summed E-state index contributed by atoms with van der Waals surface area (Å²) < 4.78 is 5.82. The molecular formula is C12H20N2OS. The Hall–Kier alpha value is -0.450. The predicted molar refractivity (Wildman–Crippen MR) is 66.5 cm³/mol. The standard InChI is InChI=1S/C12H20N2OS/c1-2-3-12-14-10(8-16-12)7-15-11-5-4-9(13)6-11/h8-9,11H,2-7,13H2,1H3. The van der Waals surface area contributed by atoms with Gasteiger partial charge in [-0.05, 0) is 32.1 Å². The van der Waals surface area contributed by atoms with E-state index >= 15 is 0 Å². The number of hydrogen-bond donors (Lipinski definition) is 1. The molecule has 1 heterocycles. The molecule has 1 aliphatic rings. The van der Waals surface area contributed by atoms with Gasteiger partial charge >= 0.3 is 0 Å². The van der Waals surface area contributed by atoms with E-state index in [1.165, 1.54) is 5.01 Å². The average Bonchev–Trinajstić information content (AvgIpc) is 2.85. The summed E-state index contributed by atoms with van der Waals surface area (Å²) in [6, 6.07) is 0.344. The van der Waals surface area contributed by atoms with Crippen LogP contribution in [0.3, 0.4) is 0 Å². The second-order valence-corrected chi connectivity index (χ2v) is 5.43. The maximum atomic E-state index is 5.84. The summed E-state index contributed by atoms with van der Waals surface area (Å²) in [5, 5.41) is 3.34. The minimum absolute atomic E-state index is 0.344. The Morgan fingerprint density at radius 3 is 3.12 bits per heavy atom. The molecule has 0 bridgehead atoms. The van der Waals surface area contributed by atoms with E-state index in [0.717, 1.165) is 37.8 Å². The zero-order chi connectivity index (χ0) is 11.4. The van der Waals surface area contributed by atoms with Crippen molar-refractivity contribution in [1.29, 1.82) is 0 Å². The smallest absolute Gasteiger partial charge is 0.0929 e. The van der Waals surface area contributed by atoms with Gasteiger partial charge in [0, 0.05) is 11.4 Å². The van der Waals surface area contributed by atoms with Gasteiger partial charge in [-0.25, -0.2) is 4.98 Å². The van der Waals surface area contributed by atoms with Gasteiger partial charge in [-0.15, -0.1) is 11.3 Å². The number of aromatic nitrogens is 1. The van der Waals surface area contributed by atoms with E-state index in [2.05, 4.69) is 17.3 Å². The van der Waals surface area contributed by atoms with Gasteiger partial charge in [-0.3, -0.25) is 0 Å². The summed E-state index contributed by atoms with van der Waals surface area (Å²) >= 11 is 1.74. The summed E-state index contributed by atoms with van der Waals surface area (Å²) in [4.78, 5) is 4.54. The molecule has 0 aliphatic heterocycles. The van der Waals surface area contributed by atoms with E-state index in [-0.39, 0.29) is 0 Å². The molecule has 0 radical (unpaired) electrons. The van der Waals surface area contributed by atoms with Crippen LogP contribution < -0.4 is 5.73 Å². The lowest BCUT2D eigenvalue weighted by Crippen LogP contribution is -2.17. The Bertz CT molecular complexity index is 327. The first-order chi connectivity index (χ1) is 7.78. The Morgan fingerprint density at radius 1 is 1.56 bits per heavy atom. The molecule has 1 aliphatic carbocycles. The van der Waals surface area contributed by atoms with Crippen molar-refractivity contribution in [3.8, 4) is 0 Å². The fraction of sp³-hybridized carbons (Fsp3) is 0.750. The molecule has 16 heavy (non-hydrogen) atoms. The molecule has 0 spiro atoms. The molecule has 0 aromatic carbocycles. The van der Waals surface area contributed by atoms with Gasteiger partial charge < -0.3 is 10.5 Å². The monoisotopic (exact) mass is 240 g/mol. The summed E-state index contributed by atoms with van der Waals surface area (Å²) in [5.41, 5.74) is 6.92. The van der Waals surface area contributed by atoms with Crippen LogP contribution >= 0.6 is 11.3 Å².